The van der Waals surface area contributed by atoms with Crippen molar-refractivity contribution >= 4 is 82.8 Å². The van der Waals surface area contributed by atoms with Gasteiger partial charge in [-0.2, -0.15) is 0 Å². The molecule has 0 spiro atoms. The summed E-state index contributed by atoms with van der Waals surface area (Å²) in [4.78, 5) is 62.1. The third-order valence-corrected chi connectivity index (χ3v) is 27.1. The Bertz CT molecular complexity index is 9630. The molecule has 0 atom stereocenters. The van der Waals surface area contributed by atoms with Crippen LogP contribution in [0.25, 0.3) is 263 Å². The first-order valence-corrected chi connectivity index (χ1v) is 49.1. The molecule has 15 nitrogen and oxygen atoms in total. The lowest BCUT2D eigenvalue weighted by Crippen LogP contribution is -2.01. The monoisotopic (exact) mass is 1880 g/mol. The van der Waals surface area contributed by atoms with E-state index in [1.165, 1.54) is 0 Å². The third kappa shape index (κ3) is 16.5. The maximum absolute atomic E-state index is 5.31. The van der Waals surface area contributed by atoms with Crippen LogP contribution < -0.4 is 0 Å². The van der Waals surface area contributed by atoms with Gasteiger partial charge in [-0.3, -0.25) is 13.2 Å². The highest BCUT2D eigenvalue weighted by Gasteiger charge is 2.28. The first-order chi connectivity index (χ1) is 72.9. The predicted molar refractivity (Wildman–Crippen MR) is 598 cm³/mol. The molecule has 147 heavy (non-hydrogen) atoms. The van der Waals surface area contributed by atoms with Crippen molar-refractivity contribution in [2.45, 2.75) is 0 Å². The number of nitrogens with zero attached hydrogens (tertiary/aromatic N) is 15. The SMILES string of the molecule is c1ccc(-c2nc(-c3ccc(-c4cccc(-c5nc6c(nc7ccccn76)c6ccccc56)c4)cc3)nc(-c3ccccc3)c2-c2ccccc2)cc1.c1ccc(-c2nc(-c3ccc(-c4nc5c(nc6ccccn65)c5ccccc45)cc3)nc(-c3ccccc3)c2-c2ccccc2)cc1.c1ccc(-c2nc(-c3cccc(-c4nc5c(nc6ccccn65)c5ccccc45)c3)nc(-c3ccccc3)c2-c2ccccc2)cc1. The van der Waals surface area contributed by atoms with E-state index in [9.17, 15) is 0 Å². The summed E-state index contributed by atoms with van der Waals surface area (Å²) in [7, 11) is 0. The smallest absolute Gasteiger partial charge is 0.165 e. The van der Waals surface area contributed by atoms with Crippen molar-refractivity contribution in [2.75, 3.05) is 0 Å². The summed E-state index contributed by atoms with van der Waals surface area (Å²) in [5, 5.41) is 6.44. The lowest BCUT2D eigenvalue weighted by atomic mass is 9.94. The van der Waals surface area contributed by atoms with E-state index >= 15 is 0 Å². The number of hydrogen-bond acceptors (Lipinski definition) is 12. The molecule has 0 bridgehead atoms. The van der Waals surface area contributed by atoms with Crippen molar-refractivity contribution in [3.63, 3.8) is 0 Å². The molecule has 12 aromatic heterocycles. The molecule has 0 N–H and O–H groups in total. The normalized spacial score (nSPS) is 11.4. The summed E-state index contributed by atoms with van der Waals surface area (Å²) in [5.74, 6) is 2.01. The van der Waals surface area contributed by atoms with Gasteiger partial charge in [-0.15, -0.1) is 0 Å². The molecule has 0 unspecified atom stereocenters. The molecule has 28 rings (SSSR count). The van der Waals surface area contributed by atoms with Gasteiger partial charge in [0.25, 0.3) is 0 Å². The third-order valence-electron chi connectivity index (χ3n) is 27.1. The molecule has 0 aliphatic carbocycles. The minimum absolute atomic E-state index is 0.657. The van der Waals surface area contributed by atoms with Gasteiger partial charge in [-0.05, 0) is 76.3 Å². The van der Waals surface area contributed by atoms with Gasteiger partial charge in [0.05, 0.1) is 51.2 Å². The molecule has 688 valence electrons. The lowest BCUT2D eigenvalue weighted by Gasteiger charge is -2.17. The van der Waals surface area contributed by atoms with Crippen LogP contribution in [0.15, 0.2) is 516 Å². The largest absolute Gasteiger partial charge is 0.284 e. The van der Waals surface area contributed by atoms with Crippen molar-refractivity contribution in [3.05, 3.63) is 516 Å². The van der Waals surface area contributed by atoms with Crippen molar-refractivity contribution in [3.8, 4) is 180 Å². The highest BCUT2D eigenvalue weighted by Crippen LogP contribution is 2.47. The Labute approximate surface area is 846 Å². The molecule has 15 heteroatoms. The molecule has 0 amide bonds. The minimum Gasteiger partial charge on any atom is -0.284 e. The predicted octanol–water partition coefficient (Wildman–Crippen LogP) is 32.1. The summed E-state index contributed by atoms with van der Waals surface area (Å²) in [6.45, 7) is 0. The van der Waals surface area contributed by atoms with Crippen LogP contribution in [0.2, 0.25) is 0 Å². The van der Waals surface area contributed by atoms with E-state index in [-0.39, 0.29) is 0 Å². The Morgan fingerprint density at radius 1 is 0.122 bits per heavy atom. The van der Waals surface area contributed by atoms with Crippen LogP contribution in [0.4, 0.5) is 0 Å². The van der Waals surface area contributed by atoms with Crippen molar-refractivity contribution in [1.29, 1.82) is 0 Å². The van der Waals surface area contributed by atoms with E-state index < -0.39 is 0 Å². The molecule has 0 saturated heterocycles. The van der Waals surface area contributed by atoms with Gasteiger partial charge in [0.1, 0.15) is 33.5 Å². The molecule has 0 aliphatic rings. The highest BCUT2D eigenvalue weighted by molar-refractivity contribution is 6.13. The van der Waals surface area contributed by atoms with Gasteiger partial charge in [-0.25, -0.2) is 59.8 Å². The van der Waals surface area contributed by atoms with Crippen molar-refractivity contribution in [1.82, 2.24) is 73.0 Å². The van der Waals surface area contributed by atoms with E-state index in [1.807, 2.05) is 128 Å². The first kappa shape index (κ1) is 87.1. The summed E-state index contributed by atoms with van der Waals surface area (Å²) in [6.07, 6.45) is 6.06. The van der Waals surface area contributed by atoms with Crippen molar-refractivity contribution < 1.29 is 0 Å². The Hall–Kier alpha value is -20.2. The zero-order valence-electron chi connectivity index (χ0n) is 79.3. The van der Waals surface area contributed by atoms with E-state index in [0.717, 1.165) is 245 Å². The second-order valence-corrected chi connectivity index (χ2v) is 36.1. The Balaban J connectivity index is 0.000000112. The average molecular weight is 1880 g/mol. The van der Waals surface area contributed by atoms with E-state index in [4.69, 9.17) is 59.8 Å². The number of aromatic nitrogens is 15. The molecule has 0 radical (unpaired) electrons. The molecule has 16 aromatic carbocycles. The quantitative estimate of drug-likeness (QED) is 0.0899. The topological polar surface area (TPSA) is 168 Å². The van der Waals surface area contributed by atoms with Gasteiger partial charge in [-0.1, -0.05) is 449 Å². The number of rotatable bonds is 16. The minimum atomic E-state index is 0.657. The fraction of sp³-hybridized carbons (Fsp3) is 0. The molecule has 12 heterocycles. The van der Waals surface area contributed by atoms with Crippen LogP contribution >= 0.6 is 0 Å². The van der Waals surface area contributed by atoms with Gasteiger partial charge < -0.3 is 0 Å². The number of imidazole rings is 3. The molecular formula is C132H85N15. The van der Waals surface area contributed by atoms with Crippen LogP contribution in [0.3, 0.4) is 0 Å². The number of pyridine rings is 6. The Morgan fingerprint density at radius 2 is 0.327 bits per heavy atom. The number of benzene rings is 16. The summed E-state index contributed by atoms with van der Waals surface area (Å²) >= 11 is 0. The van der Waals surface area contributed by atoms with Gasteiger partial charge in [0.2, 0.25) is 0 Å². The molecule has 28 aromatic rings. The summed E-state index contributed by atoms with van der Waals surface area (Å²) in [6, 6.07) is 171. The summed E-state index contributed by atoms with van der Waals surface area (Å²) in [5.41, 5.74) is 36.6. The zero-order valence-corrected chi connectivity index (χ0v) is 79.3. The fourth-order valence-electron chi connectivity index (χ4n) is 20.1. The average Bonchev–Trinajstić information content (AvgIpc) is 1.64. The lowest BCUT2D eigenvalue weighted by molar-refractivity contribution is 1.18. The highest BCUT2D eigenvalue weighted by atomic mass is 15.1. The second-order valence-electron chi connectivity index (χ2n) is 36.1. The maximum Gasteiger partial charge on any atom is 0.165 e. The van der Waals surface area contributed by atoms with E-state index in [2.05, 4.69) is 401 Å². The van der Waals surface area contributed by atoms with Gasteiger partial charge >= 0.3 is 0 Å². The second kappa shape index (κ2) is 38.1. The van der Waals surface area contributed by atoms with Crippen LogP contribution in [0.1, 0.15) is 0 Å². The Morgan fingerprint density at radius 3 is 0.619 bits per heavy atom. The molecule has 0 fully saturated rings. The zero-order chi connectivity index (χ0) is 97.5. The van der Waals surface area contributed by atoms with Crippen molar-refractivity contribution in [2.24, 2.45) is 0 Å². The molecular weight excluding hydrogens is 1800 g/mol. The molecule has 0 aliphatic heterocycles. The van der Waals surface area contributed by atoms with E-state index in [1.54, 1.807) is 0 Å². The Kier molecular flexibility index (Phi) is 22.6. The molecule has 0 saturated carbocycles. The maximum atomic E-state index is 5.31. The first-order valence-electron chi connectivity index (χ1n) is 49.1. The van der Waals surface area contributed by atoms with Crippen LogP contribution in [-0.4, -0.2) is 73.0 Å². The fourth-order valence-corrected chi connectivity index (χ4v) is 20.1. The number of fused-ring (bicyclic) bond motifs is 15. The number of hydrogen-bond donors (Lipinski definition) is 0. The van der Waals surface area contributed by atoms with E-state index in [0.29, 0.717) is 17.5 Å². The van der Waals surface area contributed by atoms with Crippen LogP contribution in [-0.2, 0) is 0 Å². The van der Waals surface area contributed by atoms with Gasteiger partial charge in [0.15, 0.2) is 34.4 Å². The van der Waals surface area contributed by atoms with Crippen LogP contribution in [0.5, 0.6) is 0 Å². The van der Waals surface area contributed by atoms with Gasteiger partial charge in [0, 0.05) is 134 Å². The summed E-state index contributed by atoms with van der Waals surface area (Å²) < 4.78 is 6.17. The standard InChI is InChI=1S/C48H31N5.2C42H27N5/c1-4-15-33(16-5-1)42-44(34-17-6-2-7-18-34)50-47(51-45(42)35-19-8-3-9-20-35)36-28-26-32(27-29-36)37-21-14-22-38(31-37)43-39-23-10-11-24-40(39)46-48(52-43)53-30-13-12-25-41(53)49-46;1-4-15-28(16-5-1)36-38(29-17-6-2-7-18-29)44-41(45-39(36)30-19-8-3-9-20-30)32-22-14-21-31(27-32)37-33-23-10-11-24-34(33)40-42(46-37)47-26-13-12-25-35(47)43-40;1-4-14-28(15-5-1)36-38(29-16-6-2-7-17-29)44-41(45-39(36)30-18-8-3-9-19-30)32-25-23-31(24-26-32)37-33-20-10-11-21-34(33)40-42(46-37)47-27-13-12-22-35(47)43-40/h1-31H;2*1-27H. The van der Waals surface area contributed by atoms with Crippen LogP contribution in [0, 0.1) is 0 Å².